The zero-order valence-electron chi connectivity index (χ0n) is 18.9. The van der Waals surface area contributed by atoms with Crippen molar-refractivity contribution in [2.45, 2.75) is 45.9 Å². The summed E-state index contributed by atoms with van der Waals surface area (Å²) in [6.07, 6.45) is 0.368. The maximum absolute atomic E-state index is 12.6. The lowest BCUT2D eigenvalue weighted by Gasteiger charge is -2.32. The minimum absolute atomic E-state index is 0.0890. The molecule has 0 saturated heterocycles. The summed E-state index contributed by atoms with van der Waals surface area (Å²) in [6, 6.07) is 10.6. The van der Waals surface area contributed by atoms with E-state index in [9.17, 15) is 14.4 Å². The summed E-state index contributed by atoms with van der Waals surface area (Å²) in [5, 5.41) is 8.92. The van der Waals surface area contributed by atoms with E-state index in [-0.39, 0.29) is 24.2 Å². The number of benzene rings is 2. The molecular weight excluding hydrogens is 426 g/mol. The lowest BCUT2D eigenvalue weighted by atomic mass is 9.97. The van der Waals surface area contributed by atoms with E-state index < -0.39 is 11.5 Å². The lowest BCUT2D eigenvalue weighted by Crippen LogP contribution is -2.40. The summed E-state index contributed by atoms with van der Waals surface area (Å²) in [6.45, 7) is 6.79. The monoisotopic (exact) mass is 453 g/mol. The molecule has 174 valence electrons. The second-order valence-electron chi connectivity index (χ2n) is 9.15. The Morgan fingerprint density at radius 2 is 1.94 bits per heavy atom. The zero-order valence-corrected chi connectivity index (χ0v) is 18.9. The molecule has 9 heteroatoms. The van der Waals surface area contributed by atoms with Crippen LogP contribution in [0.4, 0.5) is 10.5 Å². The topological polar surface area (TPSA) is 108 Å². The maximum atomic E-state index is 12.6. The highest BCUT2D eigenvalue weighted by molar-refractivity contribution is 6.01. The van der Waals surface area contributed by atoms with E-state index >= 15 is 0 Å². The third kappa shape index (κ3) is 4.93. The third-order valence-corrected chi connectivity index (χ3v) is 5.54. The van der Waals surface area contributed by atoms with Gasteiger partial charge in [-0.3, -0.25) is 14.8 Å². The zero-order chi connectivity index (χ0) is 23.8. The number of rotatable bonds is 3. The number of carbonyl (C=O) groups is 3. The molecule has 0 aliphatic carbocycles. The summed E-state index contributed by atoms with van der Waals surface area (Å²) < 4.78 is 11.0. The molecular formula is C24H27N3O6. The van der Waals surface area contributed by atoms with Gasteiger partial charge in [0.05, 0.1) is 12.2 Å². The molecule has 0 saturated carbocycles. The molecule has 2 aliphatic rings. The van der Waals surface area contributed by atoms with Gasteiger partial charge in [-0.15, -0.1) is 0 Å². The number of amides is 3. The van der Waals surface area contributed by atoms with Crippen LogP contribution in [0, 0.1) is 0 Å². The highest BCUT2D eigenvalue weighted by atomic mass is 16.6. The van der Waals surface area contributed by atoms with Crippen molar-refractivity contribution in [2.24, 2.45) is 0 Å². The van der Waals surface area contributed by atoms with Crippen molar-refractivity contribution < 1.29 is 29.1 Å². The van der Waals surface area contributed by atoms with Crippen molar-refractivity contribution >= 4 is 23.6 Å². The SMILES string of the molecule is CC(C)(C)OC(=O)N1CCc2cc(CN3C(=O)COc4ccc(C(=O)NO)cc43)ccc2C1. The number of hydrogen-bond donors (Lipinski definition) is 2. The van der Waals surface area contributed by atoms with Crippen molar-refractivity contribution in [2.75, 3.05) is 18.1 Å². The van der Waals surface area contributed by atoms with Crippen LogP contribution in [0.25, 0.3) is 0 Å². The molecule has 2 N–H and O–H groups in total. The van der Waals surface area contributed by atoms with Gasteiger partial charge in [-0.1, -0.05) is 18.2 Å². The Morgan fingerprint density at radius 1 is 1.15 bits per heavy atom. The molecule has 2 aromatic carbocycles. The average molecular weight is 453 g/mol. The fourth-order valence-electron chi connectivity index (χ4n) is 3.95. The molecule has 3 amide bonds. The van der Waals surface area contributed by atoms with Crippen molar-refractivity contribution in [3.8, 4) is 5.75 Å². The number of ether oxygens (including phenoxy) is 2. The minimum Gasteiger partial charge on any atom is -0.482 e. The predicted octanol–water partition coefficient (Wildman–Crippen LogP) is 3.02. The highest BCUT2D eigenvalue weighted by Gasteiger charge is 2.28. The first-order valence-corrected chi connectivity index (χ1v) is 10.7. The number of nitrogens with zero attached hydrogens (tertiary/aromatic N) is 2. The van der Waals surface area contributed by atoms with Crippen LogP contribution in [0.15, 0.2) is 36.4 Å². The summed E-state index contributed by atoms with van der Waals surface area (Å²) in [7, 11) is 0. The smallest absolute Gasteiger partial charge is 0.410 e. The van der Waals surface area contributed by atoms with Gasteiger partial charge in [-0.05, 0) is 62.1 Å². The molecule has 0 aromatic heterocycles. The van der Waals surface area contributed by atoms with Crippen molar-refractivity contribution in [1.82, 2.24) is 10.4 Å². The van der Waals surface area contributed by atoms with Gasteiger partial charge < -0.3 is 19.3 Å². The van der Waals surface area contributed by atoms with Crippen LogP contribution < -0.4 is 15.1 Å². The number of carbonyl (C=O) groups excluding carboxylic acids is 3. The Morgan fingerprint density at radius 3 is 2.67 bits per heavy atom. The molecule has 0 atom stereocenters. The molecule has 4 rings (SSSR count). The van der Waals surface area contributed by atoms with Crippen LogP contribution in [0.1, 0.15) is 47.8 Å². The van der Waals surface area contributed by atoms with Crippen molar-refractivity contribution in [3.05, 3.63) is 58.7 Å². The predicted molar refractivity (Wildman–Crippen MR) is 119 cm³/mol. The standard InChI is InChI=1S/C24H27N3O6/c1-24(2,3)33-23(30)26-9-8-16-10-15(4-5-18(16)13-26)12-27-19-11-17(22(29)25-31)6-7-20(19)32-14-21(27)28/h4-7,10-11,31H,8-9,12-14H2,1-3H3,(H,25,29). The Labute approximate surface area is 191 Å². The Hall–Kier alpha value is -3.59. The van der Waals surface area contributed by atoms with Gasteiger partial charge in [-0.2, -0.15) is 0 Å². The van der Waals surface area contributed by atoms with Gasteiger partial charge in [0.1, 0.15) is 11.4 Å². The van der Waals surface area contributed by atoms with Gasteiger partial charge in [0.25, 0.3) is 11.8 Å². The molecule has 0 spiro atoms. The van der Waals surface area contributed by atoms with E-state index in [0.29, 0.717) is 37.5 Å². The number of nitrogens with one attached hydrogen (secondary N) is 1. The molecule has 33 heavy (non-hydrogen) atoms. The van der Waals surface area contributed by atoms with E-state index in [0.717, 1.165) is 16.7 Å². The van der Waals surface area contributed by atoms with Crippen LogP contribution in [0.5, 0.6) is 5.75 Å². The van der Waals surface area contributed by atoms with Crippen LogP contribution in [0.3, 0.4) is 0 Å². The highest BCUT2D eigenvalue weighted by Crippen LogP contribution is 2.34. The fraction of sp³-hybridized carbons (Fsp3) is 0.375. The number of hydroxylamine groups is 1. The number of anilines is 1. The Kier molecular flexibility index (Phi) is 5.99. The van der Waals surface area contributed by atoms with E-state index in [1.807, 2.05) is 32.9 Å². The minimum atomic E-state index is -0.668. The van der Waals surface area contributed by atoms with Crippen LogP contribution in [-0.4, -0.2) is 46.8 Å². The second-order valence-corrected chi connectivity index (χ2v) is 9.15. The molecule has 9 nitrogen and oxygen atoms in total. The van der Waals surface area contributed by atoms with Gasteiger partial charge in [0.15, 0.2) is 6.61 Å². The largest absolute Gasteiger partial charge is 0.482 e. The van der Waals surface area contributed by atoms with Crippen LogP contribution in [0.2, 0.25) is 0 Å². The van der Waals surface area contributed by atoms with Crippen LogP contribution in [-0.2, 0) is 29.0 Å². The van der Waals surface area contributed by atoms with Gasteiger partial charge in [0.2, 0.25) is 0 Å². The van der Waals surface area contributed by atoms with Crippen molar-refractivity contribution in [1.29, 1.82) is 0 Å². The fourth-order valence-corrected chi connectivity index (χ4v) is 3.95. The lowest BCUT2D eigenvalue weighted by molar-refractivity contribution is -0.121. The molecule has 0 fully saturated rings. The first-order valence-electron chi connectivity index (χ1n) is 10.7. The molecule has 0 radical (unpaired) electrons. The van der Waals surface area contributed by atoms with E-state index in [1.54, 1.807) is 21.3 Å². The third-order valence-electron chi connectivity index (χ3n) is 5.54. The quantitative estimate of drug-likeness (QED) is 0.546. The normalized spacial score (nSPS) is 15.3. The van der Waals surface area contributed by atoms with Crippen molar-refractivity contribution in [3.63, 3.8) is 0 Å². The van der Waals surface area contributed by atoms with Gasteiger partial charge >= 0.3 is 6.09 Å². The van der Waals surface area contributed by atoms with Gasteiger partial charge in [0, 0.05) is 18.7 Å². The molecule has 2 aromatic rings. The summed E-state index contributed by atoms with van der Waals surface area (Å²) in [5.74, 6) is -0.396. The first kappa shape index (κ1) is 22.6. The number of hydrogen-bond acceptors (Lipinski definition) is 6. The second kappa shape index (κ2) is 8.74. The Balaban J connectivity index is 1.53. The summed E-state index contributed by atoms with van der Waals surface area (Å²) in [5.41, 5.74) is 4.85. The van der Waals surface area contributed by atoms with Gasteiger partial charge in [-0.25, -0.2) is 10.3 Å². The maximum Gasteiger partial charge on any atom is 0.410 e. The van der Waals surface area contributed by atoms with E-state index in [1.165, 1.54) is 12.1 Å². The number of fused-ring (bicyclic) bond motifs is 2. The summed E-state index contributed by atoms with van der Waals surface area (Å²) in [4.78, 5) is 40.1. The average Bonchev–Trinajstić information content (AvgIpc) is 2.78. The molecule has 2 aliphatic heterocycles. The first-order chi connectivity index (χ1) is 15.6. The molecule has 2 heterocycles. The summed E-state index contributed by atoms with van der Waals surface area (Å²) >= 11 is 0. The Bertz CT molecular complexity index is 1110. The van der Waals surface area contributed by atoms with E-state index in [2.05, 4.69) is 6.07 Å². The van der Waals surface area contributed by atoms with Crippen LogP contribution >= 0.6 is 0 Å². The molecule has 0 unspecified atom stereocenters. The molecule has 0 bridgehead atoms. The van der Waals surface area contributed by atoms with E-state index in [4.69, 9.17) is 14.7 Å².